The third-order valence-corrected chi connectivity index (χ3v) is 3.91. The number of pyridine rings is 1. The number of aromatic nitrogens is 1. The number of likely N-dealkylation sites (tertiary alicyclic amines) is 1. The largest absolute Gasteiger partial charge is 0.481 e. The highest BCUT2D eigenvalue weighted by molar-refractivity contribution is 5.81. The van der Waals surface area contributed by atoms with Crippen molar-refractivity contribution in [2.24, 2.45) is 0 Å². The molecule has 26 heavy (non-hydrogen) atoms. The summed E-state index contributed by atoms with van der Waals surface area (Å²) < 4.78 is 48.5. The van der Waals surface area contributed by atoms with Crippen LogP contribution in [-0.2, 0) is 11.0 Å². The van der Waals surface area contributed by atoms with Crippen LogP contribution < -0.4 is 9.47 Å². The number of benzene rings is 1. The van der Waals surface area contributed by atoms with Crippen molar-refractivity contribution in [2.75, 3.05) is 13.1 Å². The van der Waals surface area contributed by atoms with Crippen LogP contribution in [0.1, 0.15) is 12.5 Å². The highest BCUT2D eigenvalue weighted by Gasteiger charge is 2.36. The number of alkyl halides is 3. The van der Waals surface area contributed by atoms with E-state index in [2.05, 4.69) is 4.98 Å². The molecule has 1 aliphatic heterocycles. The molecule has 1 unspecified atom stereocenters. The van der Waals surface area contributed by atoms with Crippen LogP contribution in [-0.4, -0.2) is 41.1 Å². The van der Waals surface area contributed by atoms with Gasteiger partial charge in [0.1, 0.15) is 11.9 Å². The number of nitrogens with zero attached hydrogens (tertiary/aromatic N) is 2. The maximum absolute atomic E-state index is 12.5. The molecule has 3 rings (SSSR count). The molecule has 2 heterocycles. The minimum absolute atomic E-state index is 0.101. The normalized spacial score (nSPS) is 15.9. The fourth-order valence-corrected chi connectivity index (χ4v) is 2.49. The maximum Gasteiger partial charge on any atom is 0.417 e. The van der Waals surface area contributed by atoms with Gasteiger partial charge in [-0.3, -0.25) is 4.79 Å². The van der Waals surface area contributed by atoms with Crippen LogP contribution in [0.5, 0.6) is 11.6 Å². The minimum atomic E-state index is -4.43. The SMILES string of the molecule is CC(Oc1ccccc1)C(=O)N1CC(Oc2ccc(C(F)(F)F)cn2)C1. The molecule has 1 aromatic heterocycles. The molecule has 1 fully saturated rings. The van der Waals surface area contributed by atoms with Gasteiger partial charge >= 0.3 is 6.18 Å². The molecule has 0 aliphatic carbocycles. The van der Waals surface area contributed by atoms with Gasteiger partial charge in [-0.15, -0.1) is 0 Å². The van der Waals surface area contributed by atoms with Crippen LogP contribution in [0, 0.1) is 0 Å². The lowest BCUT2D eigenvalue weighted by Gasteiger charge is -2.39. The first kappa shape index (κ1) is 18.0. The second-order valence-corrected chi connectivity index (χ2v) is 5.94. The Balaban J connectivity index is 1.47. The maximum atomic E-state index is 12.5. The number of hydrogen-bond donors (Lipinski definition) is 0. The smallest absolute Gasteiger partial charge is 0.417 e. The predicted molar refractivity (Wildman–Crippen MR) is 86.8 cm³/mol. The summed E-state index contributed by atoms with van der Waals surface area (Å²) in [7, 11) is 0. The van der Waals surface area contributed by atoms with E-state index in [-0.39, 0.29) is 17.9 Å². The van der Waals surface area contributed by atoms with Gasteiger partial charge in [0.05, 0.1) is 18.7 Å². The lowest BCUT2D eigenvalue weighted by molar-refractivity contribution is -0.147. The van der Waals surface area contributed by atoms with Gasteiger partial charge in [0.15, 0.2) is 6.10 Å². The van der Waals surface area contributed by atoms with Crippen molar-refractivity contribution in [3.05, 3.63) is 54.2 Å². The second-order valence-electron chi connectivity index (χ2n) is 5.94. The molecule has 0 bridgehead atoms. The van der Waals surface area contributed by atoms with E-state index < -0.39 is 17.8 Å². The van der Waals surface area contributed by atoms with Crippen LogP contribution in [0.2, 0.25) is 0 Å². The zero-order valence-corrected chi connectivity index (χ0v) is 13.9. The third kappa shape index (κ3) is 4.25. The van der Waals surface area contributed by atoms with Gasteiger partial charge in [0.2, 0.25) is 5.88 Å². The summed E-state index contributed by atoms with van der Waals surface area (Å²) in [5.74, 6) is 0.536. The lowest BCUT2D eigenvalue weighted by atomic mass is 10.1. The van der Waals surface area contributed by atoms with Crippen molar-refractivity contribution in [1.82, 2.24) is 9.88 Å². The average molecular weight is 366 g/mol. The number of carbonyl (C=O) groups excluding carboxylic acids is 1. The van der Waals surface area contributed by atoms with Gasteiger partial charge in [0.25, 0.3) is 5.91 Å². The summed E-state index contributed by atoms with van der Waals surface area (Å²) in [6.45, 7) is 2.34. The Hall–Kier alpha value is -2.77. The Labute approximate surface area is 148 Å². The number of carbonyl (C=O) groups is 1. The molecule has 0 N–H and O–H groups in total. The summed E-state index contributed by atoms with van der Waals surface area (Å²) in [6.07, 6.45) is -4.64. The van der Waals surface area contributed by atoms with Crippen LogP contribution in [0.4, 0.5) is 13.2 Å². The van der Waals surface area contributed by atoms with Crippen molar-refractivity contribution >= 4 is 5.91 Å². The molecule has 0 radical (unpaired) electrons. The van der Waals surface area contributed by atoms with Crippen molar-refractivity contribution in [2.45, 2.75) is 25.3 Å². The summed E-state index contributed by atoms with van der Waals surface area (Å²) in [5.41, 5.74) is -0.831. The monoisotopic (exact) mass is 366 g/mol. The first-order valence-electron chi connectivity index (χ1n) is 8.03. The molecule has 5 nitrogen and oxygen atoms in total. The summed E-state index contributed by atoms with van der Waals surface area (Å²) >= 11 is 0. The van der Waals surface area contributed by atoms with Gasteiger partial charge in [-0.2, -0.15) is 13.2 Å². The Bertz CT molecular complexity index is 745. The Morgan fingerprint density at radius 1 is 1.19 bits per heavy atom. The number of rotatable bonds is 5. The Morgan fingerprint density at radius 2 is 1.88 bits per heavy atom. The fraction of sp³-hybridized carbons (Fsp3) is 0.333. The molecule has 138 valence electrons. The van der Waals surface area contributed by atoms with E-state index in [9.17, 15) is 18.0 Å². The number of ether oxygens (including phenoxy) is 2. The van der Waals surface area contributed by atoms with Crippen molar-refractivity contribution < 1.29 is 27.4 Å². The minimum Gasteiger partial charge on any atom is -0.481 e. The lowest BCUT2D eigenvalue weighted by Crippen LogP contribution is -2.58. The molecule has 2 aromatic rings. The molecule has 1 aromatic carbocycles. The number of hydrogen-bond acceptors (Lipinski definition) is 4. The van der Waals surface area contributed by atoms with Crippen LogP contribution >= 0.6 is 0 Å². The average Bonchev–Trinajstić information content (AvgIpc) is 2.57. The van der Waals surface area contributed by atoms with Crippen LogP contribution in [0.3, 0.4) is 0 Å². The first-order chi connectivity index (χ1) is 12.3. The van der Waals surface area contributed by atoms with E-state index in [1.165, 1.54) is 6.07 Å². The predicted octanol–water partition coefficient (Wildman–Crippen LogP) is 3.16. The molecule has 1 atom stereocenters. The molecule has 0 spiro atoms. The van der Waals surface area contributed by atoms with Crippen LogP contribution in [0.15, 0.2) is 48.7 Å². The number of amides is 1. The molecule has 1 aliphatic rings. The van der Waals surface area contributed by atoms with E-state index in [0.717, 1.165) is 12.3 Å². The number of para-hydroxylation sites is 1. The van der Waals surface area contributed by atoms with Crippen molar-refractivity contribution in [3.8, 4) is 11.6 Å². The molecular weight excluding hydrogens is 349 g/mol. The molecule has 8 heteroatoms. The van der Waals surface area contributed by atoms with Gasteiger partial charge in [0, 0.05) is 12.3 Å². The second kappa shape index (κ2) is 7.23. The zero-order valence-electron chi connectivity index (χ0n) is 13.9. The number of halogens is 3. The molecule has 1 amide bonds. The van der Waals surface area contributed by atoms with Gasteiger partial charge < -0.3 is 14.4 Å². The Morgan fingerprint density at radius 3 is 2.46 bits per heavy atom. The highest BCUT2D eigenvalue weighted by Crippen LogP contribution is 2.29. The topological polar surface area (TPSA) is 51.7 Å². The highest BCUT2D eigenvalue weighted by atomic mass is 19.4. The van der Waals surface area contributed by atoms with Crippen molar-refractivity contribution in [1.29, 1.82) is 0 Å². The summed E-state index contributed by atoms with van der Waals surface area (Å²) in [4.78, 5) is 17.5. The van der Waals surface area contributed by atoms with E-state index >= 15 is 0 Å². The zero-order chi connectivity index (χ0) is 18.7. The van der Waals surface area contributed by atoms with Crippen molar-refractivity contribution in [3.63, 3.8) is 0 Å². The van der Waals surface area contributed by atoms with Gasteiger partial charge in [-0.1, -0.05) is 18.2 Å². The van der Waals surface area contributed by atoms with E-state index in [1.54, 1.807) is 24.0 Å². The first-order valence-corrected chi connectivity index (χ1v) is 8.03. The molecule has 1 saturated heterocycles. The summed E-state index contributed by atoms with van der Waals surface area (Å²) in [6, 6.07) is 11.1. The standard InChI is InChI=1S/C18H17F3N2O3/c1-12(25-14-5-3-2-4-6-14)17(24)23-10-15(11-23)26-16-8-7-13(9-22-16)18(19,20)21/h2-9,12,15H,10-11H2,1H3. The Kier molecular flexibility index (Phi) is 5.01. The third-order valence-electron chi connectivity index (χ3n) is 3.91. The van der Waals surface area contributed by atoms with Gasteiger partial charge in [-0.05, 0) is 25.1 Å². The quantitative estimate of drug-likeness (QED) is 0.816. The van der Waals surface area contributed by atoms with E-state index in [1.807, 2.05) is 18.2 Å². The van der Waals surface area contributed by atoms with Gasteiger partial charge in [-0.25, -0.2) is 4.98 Å². The van der Waals surface area contributed by atoms with Crippen LogP contribution in [0.25, 0.3) is 0 Å². The fourth-order valence-electron chi connectivity index (χ4n) is 2.49. The van der Waals surface area contributed by atoms with E-state index in [4.69, 9.17) is 9.47 Å². The molecular formula is C18H17F3N2O3. The molecule has 0 saturated carbocycles. The van der Waals surface area contributed by atoms with E-state index in [0.29, 0.717) is 18.8 Å². The summed E-state index contributed by atoms with van der Waals surface area (Å²) in [5, 5.41) is 0.